The summed E-state index contributed by atoms with van der Waals surface area (Å²) in [4.78, 5) is 28.9. The quantitative estimate of drug-likeness (QED) is 0.475. The van der Waals surface area contributed by atoms with Crippen LogP contribution >= 0.6 is 24.2 Å². The molecule has 0 fully saturated rings. The number of carboxylic acid groups (broad SMARTS) is 1. The molecule has 3 aromatic heterocycles. The van der Waals surface area contributed by atoms with Crippen molar-refractivity contribution in [3.05, 3.63) is 63.8 Å². The summed E-state index contributed by atoms with van der Waals surface area (Å²) < 4.78 is 2.80. The van der Waals surface area contributed by atoms with Gasteiger partial charge < -0.3 is 5.11 Å². The Morgan fingerprint density at radius 3 is 2.62 bits per heavy atom. The number of hydrogen-bond acceptors (Lipinski definition) is 5. The van der Waals surface area contributed by atoms with Gasteiger partial charge in [0.1, 0.15) is 6.04 Å². The lowest BCUT2D eigenvalue weighted by Crippen LogP contribution is -2.31. The Morgan fingerprint density at radius 1 is 1.28 bits per heavy atom. The van der Waals surface area contributed by atoms with Crippen LogP contribution in [0.15, 0.2) is 47.5 Å². The van der Waals surface area contributed by atoms with Crippen LogP contribution in [0.4, 0.5) is 0 Å². The zero-order valence-electron chi connectivity index (χ0n) is 15.4. The average molecular weight is 429 g/mol. The molecule has 29 heavy (non-hydrogen) atoms. The highest BCUT2D eigenvalue weighted by Crippen LogP contribution is 2.30. The second-order valence-corrected chi connectivity index (χ2v) is 7.34. The summed E-state index contributed by atoms with van der Waals surface area (Å²) in [6.07, 6.45) is 3.62. The molecule has 1 aromatic carbocycles. The van der Waals surface area contributed by atoms with E-state index in [2.05, 4.69) is 22.7 Å². The maximum Gasteiger partial charge on any atom is 0.327 e. The number of hydrogen-bond donors (Lipinski definition) is 2. The number of aromatic nitrogens is 4. The van der Waals surface area contributed by atoms with Crippen LogP contribution < -0.4 is 5.56 Å². The molecule has 9 heteroatoms. The number of fused-ring (bicyclic) bond motifs is 3. The molecule has 148 valence electrons. The van der Waals surface area contributed by atoms with E-state index in [0.29, 0.717) is 28.0 Å². The number of thiol groups is 1. The van der Waals surface area contributed by atoms with E-state index < -0.39 is 17.6 Å². The monoisotopic (exact) mass is 428 g/mol. The van der Waals surface area contributed by atoms with Crippen molar-refractivity contribution in [2.45, 2.75) is 19.4 Å². The highest BCUT2D eigenvalue weighted by atomic mass is 35.5. The van der Waals surface area contributed by atoms with Crippen molar-refractivity contribution in [3.8, 4) is 11.1 Å². The average Bonchev–Trinajstić information content (AvgIpc) is 3.09. The van der Waals surface area contributed by atoms with Crippen LogP contribution in [-0.2, 0) is 11.2 Å². The summed E-state index contributed by atoms with van der Waals surface area (Å²) >= 11 is 10.1. The molecule has 1 N–H and O–H groups in total. The van der Waals surface area contributed by atoms with Gasteiger partial charge in [0.05, 0.1) is 16.6 Å². The Balaban J connectivity index is 2.00. The van der Waals surface area contributed by atoms with Crippen molar-refractivity contribution >= 4 is 46.7 Å². The molecule has 0 unspecified atom stereocenters. The molecule has 7 nitrogen and oxygen atoms in total. The van der Waals surface area contributed by atoms with Crippen LogP contribution in [0.5, 0.6) is 0 Å². The molecule has 4 aromatic rings. The number of aliphatic carboxylic acids is 1. The van der Waals surface area contributed by atoms with Gasteiger partial charge in [-0.25, -0.2) is 14.3 Å². The molecule has 4 rings (SSSR count). The fraction of sp³-hybridized carbons (Fsp3) is 0.200. The van der Waals surface area contributed by atoms with Crippen LogP contribution in [0.3, 0.4) is 0 Å². The third kappa shape index (κ3) is 3.18. The number of halogens is 1. The third-order valence-corrected chi connectivity index (χ3v) is 5.47. The SMILES string of the molecule is CCc1nn2c(ncc3c(=O)n([C@@H](CS)C(=O)O)ccc32)c1-c1ccc(Cl)cc1. The lowest BCUT2D eigenvalue weighted by molar-refractivity contribution is -0.140. The van der Waals surface area contributed by atoms with Gasteiger partial charge in [-0.05, 0) is 30.2 Å². The predicted octanol–water partition coefficient (Wildman–Crippen LogP) is 3.48. The molecule has 0 amide bonds. The summed E-state index contributed by atoms with van der Waals surface area (Å²) in [6, 6.07) is 8.06. The van der Waals surface area contributed by atoms with E-state index in [0.717, 1.165) is 21.4 Å². The highest BCUT2D eigenvalue weighted by molar-refractivity contribution is 7.80. The fourth-order valence-corrected chi connectivity index (χ4v) is 3.88. The minimum Gasteiger partial charge on any atom is -0.480 e. The van der Waals surface area contributed by atoms with Crippen molar-refractivity contribution in [2.24, 2.45) is 0 Å². The Kier molecular flexibility index (Phi) is 5.06. The van der Waals surface area contributed by atoms with Gasteiger partial charge in [0.15, 0.2) is 5.65 Å². The Morgan fingerprint density at radius 2 is 2.00 bits per heavy atom. The second kappa shape index (κ2) is 7.53. The lowest BCUT2D eigenvalue weighted by Gasteiger charge is -2.14. The molecule has 0 aliphatic heterocycles. The van der Waals surface area contributed by atoms with Crippen LogP contribution in [0, 0.1) is 0 Å². The van der Waals surface area contributed by atoms with Gasteiger partial charge in [-0.2, -0.15) is 17.7 Å². The van der Waals surface area contributed by atoms with E-state index in [1.54, 1.807) is 10.6 Å². The number of carboxylic acids is 1. The van der Waals surface area contributed by atoms with Crippen molar-refractivity contribution in [1.29, 1.82) is 0 Å². The topological polar surface area (TPSA) is 89.5 Å². The highest BCUT2D eigenvalue weighted by Gasteiger charge is 2.22. The molecular formula is C20H17ClN4O3S. The summed E-state index contributed by atoms with van der Waals surface area (Å²) in [5.41, 5.74) is 3.40. The second-order valence-electron chi connectivity index (χ2n) is 6.54. The number of pyridine rings is 1. The van der Waals surface area contributed by atoms with Crippen molar-refractivity contribution in [2.75, 3.05) is 5.75 Å². The van der Waals surface area contributed by atoms with Crippen LogP contribution in [0.1, 0.15) is 18.7 Å². The minimum absolute atomic E-state index is 0.00110. The number of rotatable bonds is 5. The van der Waals surface area contributed by atoms with Gasteiger partial charge in [-0.1, -0.05) is 30.7 Å². The molecule has 0 aliphatic carbocycles. The lowest BCUT2D eigenvalue weighted by atomic mass is 10.0. The molecule has 0 bridgehead atoms. The predicted molar refractivity (Wildman–Crippen MR) is 115 cm³/mol. The van der Waals surface area contributed by atoms with Crippen molar-refractivity contribution in [3.63, 3.8) is 0 Å². The Bertz CT molecular complexity index is 1300. The van der Waals surface area contributed by atoms with E-state index in [9.17, 15) is 14.7 Å². The first-order valence-corrected chi connectivity index (χ1v) is 9.98. The smallest absolute Gasteiger partial charge is 0.327 e. The van der Waals surface area contributed by atoms with Gasteiger partial charge in [-0.15, -0.1) is 0 Å². The molecule has 0 radical (unpaired) electrons. The summed E-state index contributed by atoms with van der Waals surface area (Å²) in [5.74, 6) is -1.12. The molecule has 3 heterocycles. The standard InChI is InChI=1S/C20H17ClN4O3S/c1-2-14-17(11-3-5-12(21)6-4-11)18-22-9-13-15(25(18)23-14)7-8-24(19(13)26)16(10-29)20(27)28/h3-9,16,29H,2,10H2,1H3,(H,27,28)/t16-/m0/s1. The zero-order valence-corrected chi connectivity index (χ0v) is 17.1. The van der Waals surface area contributed by atoms with Crippen LogP contribution in [0.25, 0.3) is 27.7 Å². The van der Waals surface area contributed by atoms with Gasteiger partial charge in [0.2, 0.25) is 0 Å². The largest absolute Gasteiger partial charge is 0.480 e. The minimum atomic E-state index is -1.12. The molecular weight excluding hydrogens is 412 g/mol. The van der Waals surface area contributed by atoms with Gasteiger partial charge in [-0.3, -0.25) is 9.36 Å². The molecule has 0 saturated heterocycles. The maximum atomic E-state index is 12.9. The normalized spacial score (nSPS) is 12.5. The van der Waals surface area contributed by atoms with Crippen molar-refractivity contribution in [1.82, 2.24) is 19.2 Å². The Hall–Kier alpha value is -2.84. The third-order valence-electron chi connectivity index (χ3n) is 4.87. The first-order chi connectivity index (χ1) is 14.0. The first kappa shape index (κ1) is 19.5. The van der Waals surface area contributed by atoms with Crippen molar-refractivity contribution < 1.29 is 9.90 Å². The fourth-order valence-electron chi connectivity index (χ4n) is 3.42. The van der Waals surface area contributed by atoms with E-state index >= 15 is 0 Å². The Labute approximate surface area is 176 Å². The van der Waals surface area contributed by atoms with Gasteiger partial charge in [0.25, 0.3) is 5.56 Å². The van der Waals surface area contributed by atoms with E-state index in [1.165, 1.54) is 12.4 Å². The van der Waals surface area contributed by atoms with Crippen LogP contribution in [0.2, 0.25) is 5.02 Å². The molecule has 1 atom stereocenters. The number of benzene rings is 1. The van der Waals surface area contributed by atoms with E-state index in [1.807, 2.05) is 31.2 Å². The first-order valence-electron chi connectivity index (χ1n) is 8.97. The van der Waals surface area contributed by atoms with Crippen LogP contribution in [-0.4, -0.2) is 36.0 Å². The van der Waals surface area contributed by atoms with Gasteiger partial charge in [0, 0.05) is 28.7 Å². The number of aryl methyl sites for hydroxylation is 1. The maximum absolute atomic E-state index is 12.9. The molecule has 0 saturated carbocycles. The molecule has 0 aliphatic rings. The molecule has 0 spiro atoms. The van der Waals surface area contributed by atoms with E-state index in [-0.39, 0.29) is 5.75 Å². The number of nitrogens with zero attached hydrogens (tertiary/aromatic N) is 4. The summed E-state index contributed by atoms with van der Waals surface area (Å²) in [5, 5.41) is 15.0. The van der Waals surface area contributed by atoms with E-state index in [4.69, 9.17) is 11.6 Å². The zero-order chi connectivity index (χ0) is 20.7. The number of carbonyl (C=O) groups is 1. The summed E-state index contributed by atoms with van der Waals surface area (Å²) in [7, 11) is 0. The van der Waals surface area contributed by atoms with Gasteiger partial charge >= 0.3 is 5.97 Å². The summed E-state index contributed by atoms with van der Waals surface area (Å²) in [6.45, 7) is 2.00.